The van der Waals surface area contributed by atoms with Crippen molar-refractivity contribution in [1.29, 1.82) is 0 Å². The van der Waals surface area contributed by atoms with Crippen molar-refractivity contribution in [3.05, 3.63) is 287 Å². The second-order valence-electron chi connectivity index (χ2n) is 17.0. The predicted octanol–water partition coefficient (Wildman–Crippen LogP) is 15.4. The topological polar surface area (TPSA) is 0 Å². The summed E-state index contributed by atoms with van der Waals surface area (Å²) in [6.07, 6.45) is 0. The summed E-state index contributed by atoms with van der Waals surface area (Å²) in [5, 5.41) is 0. The third-order valence-electron chi connectivity index (χ3n) is 14.2. The molecule has 0 atom stereocenters. The van der Waals surface area contributed by atoms with Gasteiger partial charge in [-0.05, 0) is 111 Å². The Morgan fingerprint density at radius 3 is 0.710 bits per heavy atom. The van der Waals surface area contributed by atoms with E-state index in [1.54, 1.807) is 0 Å². The molecule has 0 nitrogen and oxygen atoms in total. The Labute approximate surface area is 363 Å². The number of fused-ring (bicyclic) bond motifs is 20. The summed E-state index contributed by atoms with van der Waals surface area (Å²) in [6, 6.07) is 89.2. The zero-order valence-electron chi connectivity index (χ0n) is 34.1. The van der Waals surface area contributed by atoms with E-state index < -0.39 is 0 Å². The highest BCUT2D eigenvalue weighted by Crippen LogP contribution is 2.65. The molecule has 10 aromatic carbocycles. The SMILES string of the molecule is c1ccc(-c2cccc3c2-c2ccccc2C32c3ccccc3-c3ccccc32)cc1.c1ccc(-c2cccc3c2-c2ccccc2C32c3ccccc3-c3ccccc32)cc1. The Balaban J connectivity index is 0.000000126. The van der Waals surface area contributed by atoms with Crippen LogP contribution in [0.5, 0.6) is 0 Å². The third kappa shape index (κ3) is 4.51. The minimum atomic E-state index is -0.260. The molecule has 2 spiro atoms. The second kappa shape index (κ2) is 13.4. The van der Waals surface area contributed by atoms with Crippen molar-refractivity contribution >= 4 is 0 Å². The van der Waals surface area contributed by atoms with E-state index in [0.29, 0.717) is 0 Å². The minimum absolute atomic E-state index is 0.260. The molecule has 4 aliphatic carbocycles. The molecular formula is C62H40. The summed E-state index contributed by atoms with van der Waals surface area (Å²) in [6.45, 7) is 0. The first-order chi connectivity index (χ1) is 30.8. The van der Waals surface area contributed by atoms with Crippen molar-refractivity contribution in [3.63, 3.8) is 0 Å². The van der Waals surface area contributed by atoms with Gasteiger partial charge in [-0.1, -0.05) is 243 Å². The minimum Gasteiger partial charge on any atom is -0.0622 e. The zero-order chi connectivity index (χ0) is 40.8. The van der Waals surface area contributed by atoms with Gasteiger partial charge < -0.3 is 0 Å². The molecule has 62 heavy (non-hydrogen) atoms. The van der Waals surface area contributed by atoms with Crippen LogP contribution in [0.15, 0.2) is 243 Å². The van der Waals surface area contributed by atoms with E-state index in [2.05, 4.69) is 243 Å². The van der Waals surface area contributed by atoms with E-state index in [1.165, 1.54) is 111 Å². The molecule has 0 heterocycles. The Kier molecular flexibility index (Phi) is 7.54. The Morgan fingerprint density at radius 1 is 0.161 bits per heavy atom. The molecule has 0 unspecified atom stereocenters. The molecule has 0 amide bonds. The first-order valence-corrected chi connectivity index (χ1v) is 21.8. The van der Waals surface area contributed by atoms with Gasteiger partial charge in [0.15, 0.2) is 0 Å². The fraction of sp³-hybridized carbons (Fsp3) is 0.0323. The van der Waals surface area contributed by atoms with Gasteiger partial charge in [0.1, 0.15) is 0 Å². The predicted molar refractivity (Wildman–Crippen MR) is 256 cm³/mol. The Hall–Kier alpha value is -7.80. The van der Waals surface area contributed by atoms with Gasteiger partial charge in [-0.25, -0.2) is 0 Å². The molecule has 0 bridgehead atoms. The molecule has 10 aromatic rings. The standard InChI is InChI=1S/2C31H20/c2*1-2-11-21(12-3-1)22-16-10-20-29-30(22)25-15-6-9-19-28(25)31(29)26-17-7-4-13-23(26)24-14-5-8-18-27(24)31/h2*1-20H. The third-order valence-corrected chi connectivity index (χ3v) is 14.2. The maximum atomic E-state index is 2.35. The van der Waals surface area contributed by atoms with E-state index in [1.807, 2.05) is 0 Å². The number of rotatable bonds is 2. The van der Waals surface area contributed by atoms with Gasteiger partial charge in [-0.3, -0.25) is 0 Å². The van der Waals surface area contributed by atoms with Crippen molar-refractivity contribution in [2.24, 2.45) is 0 Å². The summed E-state index contributed by atoms with van der Waals surface area (Å²) in [5.41, 5.74) is 26.7. The van der Waals surface area contributed by atoms with Gasteiger partial charge in [0.2, 0.25) is 0 Å². The molecule has 14 rings (SSSR count). The summed E-state index contributed by atoms with van der Waals surface area (Å²) in [4.78, 5) is 0. The molecule has 0 aliphatic heterocycles. The molecule has 4 aliphatic rings. The van der Waals surface area contributed by atoms with Gasteiger partial charge >= 0.3 is 0 Å². The quantitative estimate of drug-likeness (QED) is 0.164. The summed E-state index contributed by atoms with van der Waals surface area (Å²) in [7, 11) is 0. The first kappa shape index (κ1) is 35.0. The first-order valence-electron chi connectivity index (χ1n) is 21.8. The van der Waals surface area contributed by atoms with Gasteiger partial charge in [-0.2, -0.15) is 0 Å². The molecule has 0 heteroatoms. The molecule has 0 fully saturated rings. The molecule has 0 N–H and O–H groups in total. The molecular weight excluding hydrogens is 745 g/mol. The lowest BCUT2D eigenvalue weighted by atomic mass is 9.70. The molecule has 0 saturated heterocycles. The average Bonchev–Trinajstić information content (AvgIpc) is 4.04. The fourth-order valence-corrected chi connectivity index (χ4v) is 12.0. The summed E-state index contributed by atoms with van der Waals surface area (Å²) in [5.74, 6) is 0. The maximum Gasteiger partial charge on any atom is 0.0725 e. The highest BCUT2D eigenvalue weighted by molar-refractivity contribution is 6.01. The monoisotopic (exact) mass is 784 g/mol. The highest BCUT2D eigenvalue weighted by Gasteiger charge is 2.53. The van der Waals surface area contributed by atoms with Crippen molar-refractivity contribution in [2.45, 2.75) is 10.8 Å². The Bertz CT molecular complexity index is 3090. The van der Waals surface area contributed by atoms with Crippen LogP contribution in [0.2, 0.25) is 0 Å². The number of hydrogen-bond acceptors (Lipinski definition) is 0. The van der Waals surface area contributed by atoms with Crippen LogP contribution in [0.1, 0.15) is 44.5 Å². The van der Waals surface area contributed by atoms with Crippen LogP contribution < -0.4 is 0 Å². The van der Waals surface area contributed by atoms with Gasteiger partial charge in [0, 0.05) is 0 Å². The van der Waals surface area contributed by atoms with Crippen molar-refractivity contribution < 1.29 is 0 Å². The van der Waals surface area contributed by atoms with Crippen LogP contribution in [0.3, 0.4) is 0 Å². The van der Waals surface area contributed by atoms with E-state index in [9.17, 15) is 0 Å². The lowest BCUT2D eigenvalue weighted by molar-refractivity contribution is 0.794. The van der Waals surface area contributed by atoms with Gasteiger partial charge in [0.05, 0.1) is 10.8 Å². The largest absolute Gasteiger partial charge is 0.0725 e. The van der Waals surface area contributed by atoms with E-state index in [-0.39, 0.29) is 10.8 Å². The van der Waals surface area contributed by atoms with Crippen molar-refractivity contribution in [3.8, 4) is 66.8 Å². The second-order valence-corrected chi connectivity index (χ2v) is 17.0. The average molecular weight is 785 g/mol. The van der Waals surface area contributed by atoms with Gasteiger partial charge in [0.25, 0.3) is 0 Å². The smallest absolute Gasteiger partial charge is 0.0622 e. The molecule has 0 saturated carbocycles. The summed E-state index contributed by atoms with van der Waals surface area (Å²) < 4.78 is 0. The lowest BCUT2D eigenvalue weighted by Gasteiger charge is -2.30. The summed E-state index contributed by atoms with van der Waals surface area (Å²) >= 11 is 0. The zero-order valence-corrected chi connectivity index (χ0v) is 34.1. The van der Waals surface area contributed by atoms with Crippen LogP contribution in [-0.2, 0) is 10.8 Å². The van der Waals surface area contributed by atoms with Crippen LogP contribution >= 0.6 is 0 Å². The molecule has 0 aromatic heterocycles. The van der Waals surface area contributed by atoms with Crippen LogP contribution in [0, 0.1) is 0 Å². The van der Waals surface area contributed by atoms with Crippen molar-refractivity contribution in [1.82, 2.24) is 0 Å². The molecule has 0 radical (unpaired) electrons. The Morgan fingerprint density at radius 2 is 0.387 bits per heavy atom. The van der Waals surface area contributed by atoms with E-state index >= 15 is 0 Å². The van der Waals surface area contributed by atoms with Crippen LogP contribution in [-0.4, -0.2) is 0 Å². The van der Waals surface area contributed by atoms with Gasteiger partial charge in [-0.15, -0.1) is 0 Å². The molecule has 288 valence electrons. The fourth-order valence-electron chi connectivity index (χ4n) is 12.0. The number of hydrogen-bond donors (Lipinski definition) is 0. The van der Waals surface area contributed by atoms with E-state index in [4.69, 9.17) is 0 Å². The van der Waals surface area contributed by atoms with Crippen molar-refractivity contribution in [2.75, 3.05) is 0 Å². The van der Waals surface area contributed by atoms with Crippen LogP contribution in [0.4, 0.5) is 0 Å². The lowest BCUT2D eigenvalue weighted by Crippen LogP contribution is -2.25. The van der Waals surface area contributed by atoms with Crippen LogP contribution in [0.25, 0.3) is 66.8 Å². The highest BCUT2D eigenvalue weighted by atomic mass is 14.5. The number of benzene rings is 10. The maximum absolute atomic E-state index is 2.35. The van der Waals surface area contributed by atoms with E-state index in [0.717, 1.165) is 0 Å². The normalized spacial score (nSPS) is 14.1.